The van der Waals surface area contributed by atoms with Crippen LogP contribution in [0.3, 0.4) is 0 Å². The van der Waals surface area contributed by atoms with Crippen LogP contribution < -0.4 is 10.1 Å². The van der Waals surface area contributed by atoms with E-state index < -0.39 is 5.97 Å². The van der Waals surface area contributed by atoms with E-state index in [2.05, 4.69) is 17.4 Å². The van der Waals surface area contributed by atoms with E-state index in [0.717, 1.165) is 29.7 Å². The maximum absolute atomic E-state index is 12.5. The quantitative estimate of drug-likeness (QED) is 0.179. The number of hydrogen-bond acceptors (Lipinski definition) is 5. The number of aryl methyl sites for hydroxylation is 1. The summed E-state index contributed by atoms with van der Waals surface area (Å²) in [6.07, 6.45) is 5.62. The predicted octanol–water partition coefficient (Wildman–Crippen LogP) is 5.06. The third-order valence-corrected chi connectivity index (χ3v) is 5.71. The normalized spacial score (nSPS) is 11.7. The summed E-state index contributed by atoms with van der Waals surface area (Å²) < 4.78 is 16.2. The number of rotatable bonds is 15. The summed E-state index contributed by atoms with van der Waals surface area (Å²) in [7, 11) is 1.32. The van der Waals surface area contributed by atoms with E-state index in [-0.39, 0.29) is 18.4 Å². The molecule has 3 aromatic rings. The highest BCUT2D eigenvalue weighted by atomic mass is 16.5. The Bertz CT molecular complexity index is 1100. The smallest absolute Gasteiger partial charge is 0.330 e. The Morgan fingerprint density at radius 2 is 1.51 bits per heavy atom. The van der Waals surface area contributed by atoms with Gasteiger partial charge in [0.25, 0.3) is 0 Å². The lowest BCUT2D eigenvalue weighted by Gasteiger charge is -2.16. The summed E-state index contributed by atoms with van der Waals surface area (Å²) in [5, 5.41) is 2.98. The molecule has 37 heavy (non-hydrogen) atoms. The average molecular weight is 502 g/mol. The van der Waals surface area contributed by atoms with Crippen LogP contribution in [0.2, 0.25) is 0 Å². The number of carbonyl (C=O) groups excluding carboxylic acids is 2. The number of amides is 1. The minimum Gasteiger partial charge on any atom is -0.489 e. The number of nitrogens with one attached hydrogen (secondary N) is 1. The van der Waals surface area contributed by atoms with E-state index in [4.69, 9.17) is 14.2 Å². The Kier molecular flexibility index (Phi) is 11.9. The standard InChI is InChI=1S/C31H35NO5/c1-35-31(34)19-16-28(32-30(33)20-22-36-21-8-13-25-9-4-2-5-10-25)23-26-14-17-29(18-15-26)37-24-27-11-6-3-7-12-27/h2-7,9-12,14-19,28H,8,13,20-24H2,1H3,(H,32,33)/t28-/m0/s1. The van der Waals surface area contributed by atoms with Gasteiger partial charge >= 0.3 is 5.97 Å². The molecular formula is C31H35NO5. The molecule has 0 bridgehead atoms. The Hall–Kier alpha value is -3.90. The largest absolute Gasteiger partial charge is 0.489 e. The summed E-state index contributed by atoms with van der Waals surface area (Å²) in [6, 6.07) is 27.6. The molecule has 0 saturated carbocycles. The third kappa shape index (κ3) is 11.1. The summed E-state index contributed by atoms with van der Waals surface area (Å²) >= 11 is 0. The molecule has 6 heteroatoms. The average Bonchev–Trinajstić information content (AvgIpc) is 2.94. The fourth-order valence-electron chi connectivity index (χ4n) is 3.72. The van der Waals surface area contributed by atoms with Gasteiger partial charge in [-0.2, -0.15) is 0 Å². The molecule has 0 unspecified atom stereocenters. The Labute approximate surface area is 219 Å². The predicted molar refractivity (Wildman–Crippen MR) is 144 cm³/mol. The van der Waals surface area contributed by atoms with Crippen LogP contribution in [0.1, 0.15) is 29.5 Å². The van der Waals surface area contributed by atoms with Crippen molar-refractivity contribution in [2.45, 2.75) is 38.3 Å². The molecule has 0 fully saturated rings. The van der Waals surface area contributed by atoms with Crippen molar-refractivity contribution in [2.24, 2.45) is 0 Å². The molecule has 0 aliphatic rings. The van der Waals surface area contributed by atoms with Gasteiger partial charge in [-0.25, -0.2) is 4.79 Å². The van der Waals surface area contributed by atoms with Gasteiger partial charge in [0, 0.05) is 19.1 Å². The molecule has 0 aliphatic heterocycles. The van der Waals surface area contributed by atoms with Crippen LogP contribution in [0.25, 0.3) is 0 Å². The molecule has 0 radical (unpaired) electrons. The van der Waals surface area contributed by atoms with Crippen molar-refractivity contribution >= 4 is 11.9 Å². The summed E-state index contributed by atoms with van der Waals surface area (Å²) in [6.45, 7) is 1.45. The summed E-state index contributed by atoms with van der Waals surface area (Å²) in [5.41, 5.74) is 3.38. The SMILES string of the molecule is COC(=O)C=C[C@@H](Cc1ccc(OCc2ccccc2)cc1)NC(=O)CCOCCCc1ccccc1. The van der Waals surface area contributed by atoms with Gasteiger partial charge in [-0.05, 0) is 48.1 Å². The van der Waals surface area contributed by atoms with Gasteiger partial charge in [0.2, 0.25) is 5.91 Å². The monoisotopic (exact) mass is 501 g/mol. The zero-order chi connectivity index (χ0) is 26.1. The van der Waals surface area contributed by atoms with Crippen molar-refractivity contribution in [3.05, 3.63) is 114 Å². The van der Waals surface area contributed by atoms with Crippen LogP contribution in [0, 0.1) is 0 Å². The third-order valence-electron chi connectivity index (χ3n) is 5.71. The highest BCUT2D eigenvalue weighted by Crippen LogP contribution is 2.16. The first-order chi connectivity index (χ1) is 18.1. The van der Waals surface area contributed by atoms with E-state index in [0.29, 0.717) is 26.2 Å². The van der Waals surface area contributed by atoms with Crippen LogP contribution in [-0.2, 0) is 38.5 Å². The first kappa shape index (κ1) is 27.7. The van der Waals surface area contributed by atoms with Crippen molar-refractivity contribution < 1.29 is 23.8 Å². The molecule has 6 nitrogen and oxygen atoms in total. The second kappa shape index (κ2) is 16.0. The molecule has 1 atom stereocenters. The second-order valence-electron chi connectivity index (χ2n) is 8.63. The fraction of sp³-hybridized carbons (Fsp3) is 0.290. The van der Waals surface area contributed by atoms with Gasteiger partial charge in [-0.3, -0.25) is 4.79 Å². The Balaban J connectivity index is 1.44. The number of esters is 1. The van der Waals surface area contributed by atoms with E-state index in [1.807, 2.05) is 72.8 Å². The molecule has 1 amide bonds. The fourth-order valence-corrected chi connectivity index (χ4v) is 3.72. The second-order valence-corrected chi connectivity index (χ2v) is 8.63. The first-order valence-electron chi connectivity index (χ1n) is 12.5. The molecule has 194 valence electrons. The van der Waals surface area contributed by atoms with E-state index in [1.54, 1.807) is 6.08 Å². The van der Waals surface area contributed by atoms with Crippen LogP contribution >= 0.6 is 0 Å². The molecule has 0 spiro atoms. The Morgan fingerprint density at radius 3 is 2.19 bits per heavy atom. The number of carbonyl (C=O) groups is 2. The molecule has 0 saturated heterocycles. The maximum Gasteiger partial charge on any atom is 0.330 e. The molecular weight excluding hydrogens is 466 g/mol. The number of methoxy groups -OCH3 is 1. The number of hydrogen-bond donors (Lipinski definition) is 1. The molecule has 3 aromatic carbocycles. The molecule has 0 aromatic heterocycles. The van der Waals surface area contributed by atoms with E-state index in [1.165, 1.54) is 18.7 Å². The van der Waals surface area contributed by atoms with Gasteiger partial charge in [0.15, 0.2) is 0 Å². The topological polar surface area (TPSA) is 73.9 Å². The molecule has 3 rings (SSSR count). The van der Waals surface area contributed by atoms with E-state index >= 15 is 0 Å². The van der Waals surface area contributed by atoms with Crippen molar-refractivity contribution in [3.8, 4) is 5.75 Å². The maximum atomic E-state index is 12.5. The van der Waals surface area contributed by atoms with Crippen LogP contribution in [0.5, 0.6) is 5.75 Å². The van der Waals surface area contributed by atoms with Crippen LogP contribution in [-0.4, -0.2) is 38.2 Å². The zero-order valence-corrected chi connectivity index (χ0v) is 21.3. The lowest BCUT2D eigenvalue weighted by atomic mass is 10.0. The zero-order valence-electron chi connectivity index (χ0n) is 21.3. The molecule has 0 heterocycles. The lowest BCUT2D eigenvalue weighted by molar-refractivity contribution is -0.135. The minimum absolute atomic E-state index is 0.134. The van der Waals surface area contributed by atoms with Gasteiger partial charge in [0.1, 0.15) is 12.4 Å². The van der Waals surface area contributed by atoms with Crippen molar-refractivity contribution in [2.75, 3.05) is 20.3 Å². The number of benzene rings is 3. The minimum atomic E-state index is -0.467. The highest BCUT2D eigenvalue weighted by molar-refractivity contribution is 5.82. The van der Waals surface area contributed by atoms with Crippen LogP contribution in [0.15, 0.2) is 97.1 Å². The van der Waals surface area contributed by atoms with Crippen LogP contribution in [0.4, 0.5) is 0 Å². The molecule has 0 aliphatic carbocycles. The van der Waals surface area contributed by atoms with Gasteiger partial charge in [-0.15, -0.1) is 0 Å². The first-order valence-corrected chi connectivity index (χ1v) is 12.5. The number of ether oxygens (including phenoxy) is 3. The highest BCUT2D eigenvalue weighted by Gasteiger charge is 2.12. The van der Waals surface area contributed by atoms with Gasteiger partial charge < -0.3 is 19.5 Å². The van der Waals surface area contributed by atoms with Crippen molar-refractivity contribution in [3.63, 3.8) is 0 Å². The molecule has 1 N–H and O–H groups in total. The Morgan fingerprint density at radius 1 is 0.838 bits per heavy atom. The van der Waals surface area contributed by atoms with Crippen molar-refractivity contribution in [1.82, 2.24) is 5.32 Å². The van der Waals surface area contributed by atoms with Crippen molar-refractivity contribution in [1.29, 1.82) is 0 Å². The lowest BCUT2D eigenvalue weighted by Crippen LogP contribution is -2.35. The van der Waals surface area contributed by atoms with Gasteiger partial charge in [0.05, 0.1) is 19.8 Å². The van der Waals surface area contributed by atoms with E-state index in [9.17, 15) is 9.59 Å². The van der Waals surface area contributed by atoms with Gasteiger partial charge in [-0.1, -0.05) is 78.9 Å². The summed E-state index contributed by atoms with van der Waals surface area (Å²) in [5.74, 6) is 0.166. The summed E-state index contributed by atoms with van der Waals surface area (Å²) in [4.78, 5) is 24.1.